The standard InChI is InChI=1S/C17H17N3S/c1-12-7-8-14(10-19-12)15(18)9-17-20-16(11-21-17)13-5-3-2-4-6-13/h2-8,10-11,15H,9,18H2,1H3. The number of aryl methyl sites for hydroxylation is 1. The zero-order chi connectivity index (χ0) is 14.7. The summed E-state index contributed by atoms with van der Waals surface area (Å²) >= 11 is 1.66. The molecule has 1 aromatic carbocycles. The van der Waals surface area contributed by atoms with E-state index in [0.29, 0.717) is 0 Å². The number of nitrogens with zero attached hydrogens (tertiary/aromatic N) is 2. The Morgan fingerprint density at radius 1 is 1.14 bits per heavy atom. The minimum Gasteiger partial charge on any atom is -0.324 e. The number of thiazole rings is 1. The highest BCUT2D eigenvalue weighted by molar-refractivity contribution is 7.09. The number of hydrogen-bond acceptors (Lipinski definition) is 4. The minimum absolute atomic E-state index is 0.0622. The van der Waals surface area contributed by atoms with Gasteiger partial charge in [-0.3, -0.25) is 4.98 Å². The predicted molar refractivity (Wildman–Crippen MR) is 87.2 cm³/mol. The van der Waals surface area contributed by atoms with E-state index in [1.807, 2.05) is 43.5 Å². The lowest BCUT2D eigenvalue weighted by Gasteiger charge is -2.09. The second-order valence-electron chi connectivity index (χ2n) is 5.04. The number of benzene rings is 1. The van der Waals surface area contributed by atoms with Gasteiger partial charge in [-0.15, -0.1) is 11.3 Å². The maximum atomic E-state index is 6.25. The van der Waals surface area contributed by atoms with Crippen LogP contribution in [0.25, 0.3) is 11.3 Å². The molecule has 21 heavy (non-hydrogen) atoms. The van der Waals surface area contributed by atoms with Crippen molar-refractivity contribution in [2.75, 3.05) is 0 Å². The topological polar surface area (TPSA) is 51.8 Å². The van der Waals surface area contributed by atoms with E-state index >= 15 is 0 Å². The lowest BCUT2D eigenvalue weighted by Crippen LogP contribution is -2.13. The minimum atomic E-state index is -0.0622. The molecule has 0 saturated heterocycles. The first-order valence-corrected chi connectivity index (χ1v) is 7.78. The summed E-state index contributed by atoms with van der Waals surface area (Å²) in [4.78, 5) is 8.98. The Morgan fingerprint density at radius 3 is 2.67 bits per heavy atom. The van der Waals surface area contributed by atoms with Crippen molar-refractivity contribution in [2.24, 2.45) is 5.73 Å². The molecule has 0 fully saturated rings. The van der Waals surface area contributed by atoms with Gasteiger partial charge >= 0.3 is 0 Å². The monoisotopic (exact) mass is 295 g/mol. The summed E-state index contributed by atoms with van der Waals surface area (Å²) in [5, 5.41) is 3.15. The van der Waals surface area contributed by atoms with Gasteiger partial charge in [0.05, 0.1) is 10.7 Å². The van der Waals surface area contributed by atoms with Crippen molar-refractivity contribution in [1.29, 1.82) is 0 Å². The first-order chi connectivity index (χ1) is 10.2. The summed E-state index contributed by atoms with van der Waals surface area (Å²) < 4.78 is 0. The van der Waals surface area contributed by atoms with Gasteiger partial charge in [0.2, 0.25) is 0 Å². The van der Waals surface area contributed by atoms with Crippen LogP contribution in [0.2, 0.25) is 0 Å². The molecule has 0 aliphatic rings. The van der Waals surface area contributed by atoms with Crippen LogP contribution in [0, 0.1) is 6.92 Å². The third-order valence-electron chi connectivity index (χ3n) is 3.38. The SMILES string of the molecule is Cc1ccc(C(N)Cc2nc(-c3ccccc3)cs2)cn1. The van der Waals surface area contributed by atoms with Gasteiger partial charge < -0.3 is 5.73 Å². The zero-order valence-corrected chi connectivity index (χ0v) is 12.7. The summed E-state index contributed by atoms with van der Waals surface area (Å²) in [7, 11) is 0. The van der Waals surface area contributed by atoms with Crippen molar-refractivity contribution in [2.45, 2.75) is 19.4 Å². The number of hydrogen-bond donors (Lipinski definition) is 1. The third-order valence-corrected chi connectivity index (χ3v) is 4.25. The van der Waals surface area contributed by atoms with E-state index in [-0.39, 0.29) is 6.04 Å². The number of rotatable bonds is 4. The summed E-state index contributed by atoms with van der Waals surface area (Å²) in [5.74, 6) is 0. The average Bonchev–Trinajstić information content (AvgIpc) is 2.97. The van der Waals surface area contributed by atoms with Crippen LogP contribution in [0.1, 0.15) is 22.3 Å². The van der Waals surface area contributed by atoms with Crippen LogP contribution in [-0.2, 0) is 6.42 Å². The van der Waals surface area contributed by atoms with Crippen LogP contribution >= 0.6 is 11.3 Å². The smallest absolute Gasteiger partial charge is 0.0951 e. The molecule has 3 rings (SSSR count). The maximum Gasteiger partial charge on any atom is 0.0951 e. The van der Waals surface area contributed by atoms with Gasteiger partial charge in [0.25, 0.3) is 0 Å². The van der Waals surface area contributed by atoms with Crippen molar-refractivity contribution in [3.63, 3.8) is 0 Å². The highest BCUT2D eigenvalue weighted by atomic mass is 32.1. The Morgan fingerprint density at radius 2 is 1.95 bits per heavy atom. The third kappa shape index (κ3) is 3.35. The highest BCUT2D eigenvalue weighted by Crippen LogP contribution is 2.24. The van der Waals surface area contributed by atoms with Crippen molar-refractivity contribution < 1.29 is 0 Å². The van der Waals surface area contributed by atoms with Crippen molar-refractivity contribution in [1.82, 2.24) is 9.97 Å². The fourth-order valence-corrected chi connectivity index (χ4v) is 3.01. The first kappa shape index (κ1) is 13.9. The Bertz CT molecular complexity index is 704. The summed E-state index contributed by atoms with van der Waals surface area (Å²) in [6.45, 7) is 1.97. The summed E-state index contributed by atoms with van der Waals surface area (Å²) in [6.07, 6.45) is 2.59. The van der Waals surface area contributed by atoms with Gasteiger partial charge in [0.15, 0.2) is 0 Å². The second-order valence-corrected chi connectivity index (χ2v) is 5.98. The molecule has 0 saturated carbocycles. The first-order valence-electron chi connectivity index (χ1n) is 6.90. The Kier molecular flexibility index (Phi) is 4.08. The largest absolute Gasteiger partial charge is 0.324 e. The normalized spacial score (nSPS) is 12.3. The van der Waals surface area contributed by atoms with Gasteiger partial charge in [-0.2, -0.15) is 0 Å². The van der Waals surface area contributed by atoms with E-state index in [4.69, 9.17) is 5.73 Å². The van der Waals surface area contributed by atoms with E-state index in [1.165, 1.54) is 0 Å². The molecule has 2 aromatic heterocycles. The Hall–Kier alpha value is -2.04. The molecular weight excluding hydrogens is 278 g/mol. The molecule has 1 atom stereocenters. The van der Waals surface area contributed by atoms with Gasteiger partial charge in [-0.05, 0) is 18.6 Å². The van der Waals surface area contributed by atoms with Crippen LogP contribution in [-0.4, -0.2) is 9.97 Å². The molecule has 2 N–H and O–H groups in total. The summed E-state index contributed by atoms with van der Waals surface area (Å²) in [6, 6.07) is 14.2. The van der Waals surface area contributed by atoms with Crippen molar-refractivity contribution >= 4 is 11.3 Å². The molecule has 1 unspecified atom stereocenters. The zero-order valence-electron chi connectivity index (χ0n) is 11.9. The van der Waals surface area contributed by atoms with E-state index < -0.39 is 0 Å². The number of aromatic nitrogens is 2. The fourth-order valence-electron chi connectivity index (χ4n) is 2.15. The van der Waals surface area contributed by atoms with Crippen LogP contribution in [0.3, 0.4) is 0 Å². The molecule has 106 valence electrons. The average molecular weight is 295 g/mol. The van der Waals surface area contributed by atoms with E-state index in [2.05, 4.69) is 27.5 Å². The van der Waals surface area contributed by atoms with Crippen LogP contribution in [0.15, 0.2) is 54.0 Å². The molecule has 0 aliphatic carbocycles. The Balaban J connectivity index is 1.74. The molecule has 0 aliphatic heterocycles. The number of pyridine rings is 1. The maximum absolute atomic E-state index is 6.25. The van der Waals surface area contributed by atoms with Crippen molar-refractivity contribution in [3.8, 4) is 11.3 Å². The van der Waals surface area contributed by atoms with E-state index in [9.17, 15) is 0 Å². The van der Waals surface area contributed by atoms with Crippen LogP contribution in [0.5, 0.6) is 0 Å². The summed E-state index contributed by atoms with van der Waals surface area (Å²) in [5.41, 5.74) is 10.5. The quantitative estimate of drug-likeness (QED) is 0.797. The van der Waals surface area contributed by atoms with Gasteiger partial charge in [0.1, 0.15) is 0 Å². The molecule has 0 amide bonds. The van der Waals surface area contributed by atoms with Crippen molar-refractivity contribution in [3.05, 3.63) is 70.3 Å². The Labute approximate surface area is 128 Å². The van der Waals surface area contributed by atoms with Crippen LogP contribution in [0.4, 0.5) is 0 Å². The fraction of sp³-hybridized carbons (Fsp3) is 0.176. The van der Waals surface area contributed by atoms with E-state index in [0.717, 1.165) is 33.9 Å². The molecule has 0 spiro atoms. The van der Waals surface area contributed by atoms with E-state index in [1.54, 1.807) is 11.3 Å². The predicted octanol–water partition coefficient (Wildman–Crippen LogP) is 3.76. The molecule has 0 radical (unpaired) electrons. The molecule has 0 bridgehead atoms. The lowest BCUT2D eigenvalue weighted by molar-refractivity contribution is 0.714. The molecule has 4 heteroatoms. The number of nitrogens with two attached hydrogens (primary N) is 1. The molecular formula is C17H17N3S. The molecule has 3 nitrogen and oxygen atoms in total. The molecule has 3 aromatic rings. The van der Waals surface area contributed by atoms with Gasteiger partial charge in [-0.1, -0.05) is 36.4 Å². The molecule has 2 heterocycles. The lowest BCUT2D eigenvalue weighted by atomic mass is 10.1. The van der Waals surface area contributed by atoms with Gasteiger partial charge in [0, 0.05) is 35.3 Å². The second kappa shape index (κ2) is 6.16. The van der Waals surface area contributed by atoms with Gasteiger partial charge in [-0.25, -0.2) is 4.98 Å². The highest BCUT2D eigenvalue weighted by Gasteiger charge is 2.11. The van der Waals surface area contributed by atoms with Crippen LogP contribution < -0.4 is 5.73 Å².